The van der Waals surface area contributed by atoms with Gasteiger partial charge in [-0.1, -0.05) is 0 Å². The summed E-state index contributed by atoms with van der Waals surface area (Å²) in [7, 11) is -0.123. The number of aryl methyl sites for hydroxylation is 2. The Bertz CT molecular complexity index is 771. The fourth-order valence-electron chi connectivity index (χ4n) is 2.48. The van der Waals surface area contributed by atoms with Crippen LogP contribution in [0.1, 0.15) is 11.1 Å². The molecule has 0 atom stereocenters. The highest BCUT2D eigenvalue weighted by Gasteiger charge is 2.14. The van der Waals surface area contributed by atoms with Crippen molar-refractivity contribution in [1.29, 1.82) is 0 Å². The summed E-state index contributed by atoms with van der Waals surface area (Å²) < 4.78 is 35.0. The molecule has 0 aromatic heterocycles. The summed E-state index contributed by atoms with van der Waals surface area (Å²) in [6.45, 7) is 0. The number of rotatable bonds is 8. The Balaban J connectivity index is 2.01. The molecule has 136 valence electrons. The molecule has 0 spiro atoms. The summed E-state index contributed by atoms with van der Waals surface area (Å²) in [6, 6.07) is 10.5. The van der Waals surface area contributed by atoms with Gasteiger partial charge in [0.25, 0.3) is 0 Å². The van der Waals surface area contributed by atoms with Crippen molar-refractivity contribution < 1.29 is 17.9 Å². The second-order valence-electron chi connectivity index (χ2n) is 5.78. The third kappa shape index (κ3) is 5.29. The van der Waals surface area contributed by atoms with Crippen LogP contribution in [0.25, 0.3) is 0 Å². The van der Waals surface area contributed by atoms with Crippen LogP contribution in [-0.4, -0.2) is 34.1 Å². The van der Waals surface area contributed by atoms with E-state index in [1.54, 1.807) is 50.6 Å². The number of hydrogen-bond acceptors (Lipinski definition) is 6. The third-order valence-electron chi connectivity index (χ3n) is 4.07. The van der Waals surface area contributed by atoms with Crippen molar-refractivity contribution in [3.63, 3.8) is 0 Å². The first-order valence-corrected chi connectivity index (χ1v) is 9.72. The van der Waals surface area contributed by atoms with E-state index in [0.717, 1.165) is 11.1 Å². The molecule has 0 fully saturated rings. The Morgan fingerprint density at radius 3 is 1.56 bits per heavy atom. The molecule has 2 aromatic carbocycles. The van der Waals surface area contributed by atoms with Gasteiger partial charge >= 0.3 is 0 Å². The summed E-state index contributed by atoms with van der Waals surface area (Å²) in [5.41, 5.74) is 14.5. The maximum atomic E-state index is 12.4. The van der Waals surface area contributed by atoms with Crippen molar-refractivity contribution in [2.24, 2.45) is 0 Å². The second kappa shape index (κ2) is 8.11. The monoisotopic (exact) mass is 364 g/mol. The van der Waals surface area contributed by atoms with E-state index >= 15 is 0 Å². The van der Waals surface area contributed by atoms with Gasteiger partial charge in [-0.3, -0.25) is 0 Å². The van der Waals surface area contributed by atoms with Crippen LogP contribution in [0.4, 0.5) is 11.4 Å². The van der Waals surface area contributed by atoms with Gasteiger partial charge in [-0.05, 0) is 60.4 Å². The van der Waals surface area contributed by atoms with E-state index in [9.17, 15) is 8.42 Å². The molecule has 0 radical (unpaired) electrons. The number of sulfone groups is 1. The lowest BCUT2D eigenvalue weighted by molar-refractivity contribution is 0.414. The third-order valence-corrected chi connectivity index (χ3v) is 5.72. The van der Waals surface area contributed by atoms with Crippen LogP contribution in [0, 0.1) is 0 Å². The maximum absolute atomic E-state index is 12.4. The van der Waals surface area contributed by atoms with E-state index in [1.165, 1.54) is 0 Å². The fraction of sp³-hybridized carbons (Fsp3) is 0.333. The molecule has 0 aliphatic heterocycles. The normalized spacial score (nSPS) is 11.3. The molecular weight excluding hydrogens is 340 g/mol. The molecule has 6 nitrogen and oxygen atoms in total. The van der Waals surface area contributed by atoms with Crippen molar-refractivity contribution in [1.82, 2.24) is 0 Å². The first-order chi connectivity index (χ1) is 11.8. The Kier molecular flexibility index (Phi) is 6.14. The van der Waals surface area contributed by atoms with Gasteiger partial charge < -0.3 is 20.9 Å². The van der Waals surface area contributed by atoms with Gasteiger partial charge in [0.15, 0.2) is 9.84 Å². The van der Waals surface area contributed by atoms with Crippen LogP contribution in [0.2, 0.25) is 0 Å². The van der Waals surface area contributed by atoms with Crippen molar-refractivity contribution in [3.05, 3.63) is 47.5 Å². The predicted octanol–water partition coefficient (Wildman–Crippen LogP) is 2.07. The Morgan fingerprint density at radius 2 is 1.20 bits per heavy atom. The minimum atomic E-state index is -3.24. The van der Waals surface area contributed by atoms with Gasteiger partial charge in [-0.15, -0.1) is 0 Å². The number of ether oxygens (including phenoxy) is 2. The first-order valence-electron chi connectivity index (χ1n) is 7.90. The number of nitrogens with two attached hydrogens (primary N) is 2. The van der Waals surface area contributed by atoms with Crippen molar-refractivity contribution in [2.75, 3.05) is 37.2 Å². The molecule has 4 N–H and O–H groups in total. The second-order valence-corrected chi connectivity index (χ2v) is 8.08. The molecule has 0 aliphatic rings. The van der Waals surface area contributed by atoms with Crippen LogP contribution < -0.4 is 20.9 Å². The summed E-state index contributed by atoms with van der Waals surface area (Å²) in [5.74, 6) is 1.36. The van der Waals surface area contributed by atoms with Gasteiger partial charge in [0.05, 0.1) is 25.7 Å². The van der Waals surface area contributed by atoms with Gasteiger partial charge in [0, 0.05) is 11.4 Å². The zero-order valence-corrected chi connectivity index (χ0v) is 15.3. The van der Waals surface area contributed by atoms with Crippen molar-refractivity contribution >= 4 is 21.2 Å². The van der Waals surface area contributed by atoms with Crippen LogP contribution in [0.5, 0.6) is 11.5 Å². The zero-order valence-electron chi connectivity index (χ0n) is 14.5. The van der Waals surface area contributed by atoms with E-state index in [4.69, 9.17) is 20.9 Å². The number of hydrogen-bond donors (Lipinski definition) is 2. The molecule has 0 bridgehead atoms. The Morgan fingerprint density at radius 1 is 0.800 bits per heavy atom. The van der Waals surface area contributed by atoms with Gasteiger partial charge in [-0.2, -0.15) is 0 Å². The molecule has 7 heteroatoms. The Hall–Kier alpha value is -2.41. The van der Waals surface area contributed by atoms with Crippen LogP contribution in [-0.2, 0) is 22.7 Å². The molecule has 2 rings (SSSR count). The van der Waals surface area contributed by atoms with Gasteiger partial charge in [-0.25, -0.2) is 8.42 Å². The standard InChI is InChI=1S/C18H24N2O4S/c1-23-15-3-5-17(19)13(11-15)7-9-25(21,22)10-8-14-12-16(24-2)4-6-18(14)20/h3-6,11-12H,7-10,19-20H2,1-2H3. The summed E-state index contributed by atoms with van der Waals surface area (Å²) in [5, 5.41) is 0. The molecule has 0 heterocycles. The minimum absolute atomic E-state index is 0.0221. The zero-order chi connectivity index (χ0) is 18.4. The quantitative estimate of drug-likeness (QED) is 0.695. The number of nitrogen functional groups attached to an aromatic ring is 2. The molecular formula is C18H24N2O4S. The summed E-state index contributed by atoms with van der Waals surface area (Å²) in [6.07, 6.45) is 0.692. The molecule has 25 heavy (non-hydrogen) atoms. The van der Waals surface area contributed by atoms with Crippen LogP contribution >= 0.6 is 0 Å². The number of methoxy groups -OCH3 is 2. The maximum Gasteiger partial charge on any atom is 0.150 e. The first kappa shape index (κ1) is 18.9. The molecule has 0 amide bonds. The topological polar surface area (TPSA) is 105 Å². The minimum Gasteiger partial charge on any atom is -0.497 e. The molecule has 0 unspecified atom stereocenters. The summed E-state index contributed by atoms with van der Waals surface area (Å²) >= 11 is 0. The molecule has 0 saturated carbocycles. The molecule has 0 aliphatic carbocycles. The average molecular weight is 364 g/mol. The highest BCUT2D eigenvalue weighted by molar-refractivity contribution is 7.91. The average Bonchev–Trinajstić information content (AvgIpc) is 2.60. The van der Waals surface area contributed by atoms with E-state index in [-0.39, 0.29) is 11.5 Å². The van der Waals surface area contributed by atoms with Crippen LogP contribution in [0.15, 0.2) is 36.4 Å². The lowest BCUT2D eigenvalue weighted by Gasteiger charge is -2.10. The van der Waals surface area contributed by atoms with E-state index in [0.29, 0.717) is 35.7 Å². The number of anilines is 2. The lowest BCUT2D eigenvalue weighted by atomic mass is 10.1. The smallest absolute Gasteiger partial charge is 0.150 e. The lowest BCUT2D eigenvalue weighted by Crippen LogP contribution is -2.16. The highest BCUT2D eigenvalue weighted by atomic mass is 32.2. The predicted molar refractivity (Wildman–Crippen MR) is 101 cm³/mol. The van der Waals surface area contributed by atoms with Crippen LogP contribution in [0.3, 0.4) is 0 Å². The van der Waals surface area contributed by atoms with E-state index in [1.807, 2.05) is 0 Å². The van der Waals surface area contributed by atoms with Crippen molar-refractivity contribution in [3.8, 4) is 11.5 Å². The molecule has 0 saturated heterocycles. The number of benzene rings is 2. The summed E-state index contributed by atoms with van der Waals surface area (Å²) in [4.78, 5) is 0. The SMILES string of the molecule is COc1ccc(N)c(CCS(=O)(=O)CCc2cc(OC)ccc2N)c1. The van der Waals surface area contributed by atoms with Gasteiger partial charge in [0.1, 0.15) is 11.5 Å². The Labute approximate surface area is 148 Å². The van der Waals surface area contributed by atoms with E-state index < -0.39 is 9.84 Å². The molecule has 2 aromatic rings. The van der Waals surface area contributed by atoms with E-state index in [2.05, 4.69) is 0 Å². The fourth-order valence-corrected chi connectivity index (χ4v) is 3.75. The highest BCUT2D eigenvalue weighted by Crippen LogP contribution is 2.22. The largest absolute Gasteiger partial charge is 0.497 e. The van der Waals surface area contributed by atoms with Crippen molar-refractivity contribution in [2.45, 2.75) is 12.8 Å². The van der Waals surface area contributed by atoms with Gasteiger partial charge in [0.2, 0.25) is 0 Å².